The van der Waals surface area contributed by atoms with Crippen LogP contribution >= 0.6 is 22.7 Å². The first kappa shape index (κ1) is 29.9. The van der Waals surface area contributed by atoms with Gasteiger partial charge in [0.2, 0.25) is 5.91 Å². The molecular formula is C26H38N4O6S3. The van der Waals surface area contributed by atoms with Gasteiger partial charge in [-0.15, -0.1) is 22.7 Å². The van der Waals surface area contributed by atoms with Crippen molar-refractivity contribution >= 4 is 45.0 Å². The summed E-state index contributed by atoms with van der Waals surface area (Å²) in [5, 5.41) is 10.8. The van der Waals surface area contributed by atoms with Crippen LogP contribution < -0.4 is 15.4 Å². The first-order valence-electron chi connectivity index (χ1n) is 13.6. The van der Waals surface area contributed by atoms with Gasteiger partial charge >= 0.3 is 16.4 Å². The topological polar surface area (TPSA) is 147 Å². The fourth-order valence-corrected chi connectivity index (χ4v) is 8.03. The average Bonchev–Trinajstić information content (AvgIpc) is 3.61. The van der Waals surface area contributed by atoms with Crippen LogP contribution in [-0.4, -0.2) is 49.1 Å². The monoisotopic (exact) mass is 598 g/mol. The van der Waals surface area contributed by atoms with Crippen molar-refractivity contribution in [2.24, 2.45) is 11.8 Å². The Morgan fingerprint density at radius 1 is 1.05 bits per heavy atom. The van der Waals surface area contributed by atoms with Gasteiger partial charge < -0.3 is 15.4 Å². The number of amides is 2. The molecule has 0 radical (unpaired) electrons. The van der Waals surface area contributed by atoms with Crippen molar-refractivity contribution in [1.29, 1.82) is 0 Å². The van der Waals surface area contributed by atoms with E-state index in [2.05, 4.69) is 15.4 Å². The summed E-state index contributed by atoms with van der Waals surface area (Å²) in [7, 11) is -2.94. The highest BCUT2D eigenvalue weighted by molar-refractivity contribution is 7.83. The molecule has 2 amide bonds. The molecule has 2 atom stereocenters. The number of rotatable bonds is 11. The second-order valence-corrected chi connectivity index (χ2v) is 13.6. The summed E-state index contributed by atoms with van der Waals surface area (Å²) in [5.74, 6) is 0.376. The Labute approximate surface area is 238 Å². The molecule has 0 aliphatic heterocycles. The number of carbonyl (C=O) groups excluding carboxylic acids is 2. The lowest BCUT2D eigenvalue weighted by Gasteiger charge is -2.31. The number of hydrogen-bond acceptors (Lipinski definition) is 8. The maximum atomic E-state index is 13.6. The minimum atomic E-state index is -4.24. The molecular weight excluding hydrogens is 561 g/mol. The first-order valence-corrected chi connectivity index (χ1v) is 16.8. The summed E-state index contributed by atoms with van der Waals surface area (Å²) < 4.78 is 38.7. The van der Waals surface area contributed by atoms with Crippen molar-refractivity contribution in [3.05, 3.63) is 27.9 Å². The highest BCUT2D eigenvalue weighted by atomic mass is 32.2. The SMILES string of the molecule is COC(=O)NC(CC1CCCCC1)C(=O)NC(CC1CCC(NS(=O)(=O)O)CC1)c1nc(-c2cccs2)cs1. The molecule has 2 heterocycles. The van der Waals surface area contributed by atoms with Crippen LogP contribution in [0.1, 0.15) is 81.7 Å². The van der Waals surface area contributed by atoms with E-state index < -0.39 is 22.4 Å². The third-order valence-electron chi connectivity index (χ3n) is 7.73. The summed E-state index contributed by atoms with van der Waals surface area (Å²) in [6, 6.07) is 2.65. The van der Waals surface area contributed by atoms with Crippen molar-refractivity contribution in [3.8, 4) is 10.6 Å². The number of methoxy groups -OCH3 is 1. The van der Waals surface area contributed by atoms with Crippen LogP contribution in [0.3, 0.4) is 0 Å². The van der Waals surface area contributed by atoms with Gasteiger partial charge in [-0.1, -0.05) is 38.2 Å². The first-order chi connectivity index (χ1) is 18.7. The molecule has 216 valence electrons. The number of alkyl carbamates (subject to hydrolysis) is 1. The Bertz CT molecular complexity index is 1170. The van der Waals surface area contributed by atoms with Crippen molar-refractivity contribution in [1.82, 2.24) is 20.3 Å². The van der Waals surface area contributed by atoms with Crippen LogP contribution in [0.5, 0.6) is 0 Å². The summed E-state index contributed by atoms with van der Waals surface area (Å²) in [5.41, 5.74) is 0.872. The summed E-state index contributed by atoms with van der Waals surface area (Å²) in [6.45, 7) is 0. The van der Waals surface area contributed by atoms with Crippen molar-refractivity contribution in [2.45, 2.75) is 88.8 Å². The van der Waals surface area contributed by atoms with E-state index >= 15 is 0 Å². The lowest BCUT2D eigenvalue weighted by atomic mass is 9.82. The minimum absolute atomic E-state index is 0.245. The molecule has 13 heteroatoms. The predicted octanol–water partition coefficient (Wildman–Crippen LogP) is 5.07. The molecule has 39 heavy (non-hydrogen) atoms. The van der Waals surface area contributed by atoms with Crippen molar-refractivity contribution < 1.29 is 27.3 Å². The molecule has 2 fully saturated rings. The van der Waals surface area contributed by atoms with Crippen molar-refractivity contribution in [2.75, 3.05) is 7.11 Å². The molecule has 2 aromatic rings. The number of aromatic nitrogens is 1. The number of hydrogen-bond donors (Lipinski definition) is 4. The molecule has 0 aromatic carbocycles. The quantitative estimate of drug-likeness (QED) is 0.264. The molecule has 10 nitrogen and oxygen atoms in total. The zero-order valence-electron chi connectivity index (χ0n) is 22.1. The Kier molecular flexibility index (Phi) is 10.8. The van der Waals surface area contributed by atoms with Gasteiger partial charge in [-0.05, 0) is 61.8 Å². The Balaban J connectivity index is 1.48. The van der Waals surface area contributed by atoms with Crippen LogP contribution in [0.2, 0.25) is 0 Å². The van der Waals surface area contributed by atoms with Gasteiger partial charge in [-0.25, -0.2) is 9.78 Å². The molecule has 4 rings (SSSR count). The maximum Gasteiger partial charge on any atom is 0.407 e. The molecule has 4 N–H and O–H groups in total. The highest BCUT2D eigenvalue weighted by Gasteiger charge is 2.32. The predicted molar refractivity (Wildman–Crippen MR) is 152 cm³/mol. The molecule has 2 aliphatic rings. The molecule has 0 spiro atoms. The number of thiazole rings is 1. The van der Waals surface area contributed by atoms with Gasteiger partial charge in [0.15, 0.2) is 0 Å². The van der Waals surface area contributed by atoms with E-state index in [1.54, 1.807) is 11.3 Å². The fraction of sp³-hybridized carbons (Fsp3) is 0.654. The second-order valence-electron chi connectivity index (χ2n) is 10.6. The summed E-state index contributed by atoms with van der Waals surface area (Å²) in [4.78, 5) is 31.7. The minimum Gasteiger partial charge on any atom is -0.453 e. The van der Waals surface area contributed by atoms with Crippen LogP contribution in [0, 0.1) is 11.8 Å². The van der Waals surface area contributed by atoms with Crippen LogP contribution in [-0.2, 0) is 19.8 Å². The normalized spacial score (nSPS) is 22.1. The zero-order valence-corrected chi connectivity index (χ0v) is 24.6. The van der Waals surface area contributed by atoms with Gasteiger partial charge in [-0.3, -0.25) is 9.35 Å². The van der Waals surface area contributed by atoms with Gasteiger partial charge in [0, 0.05) is 11.4 Å². The van der Waals surface area contributed by atoms with Gasteiger partial charge in [0.25, 0.3) is 0 Å². The largest absolute Gasteiger partial charge is 0.453 e. The van der Waals surface area contributed by atoms with E-state index in [1.807, 2.05) is 22.9 Å². The van der Waals surface area contributed by atoms with Crippen molar-refractivity contribution in [3.63, 3.8) is 0 Å². The lowest BCUT2D eigenvalue weighted by molar-refractivity contribution is -0.124. The maximum absolute atomic E-state index is 13.6. The average molecular weight is 599 g/mol. The number of thiophene rings is 1. The van der Waals surface area contributed by atoms with E-state index in [4.69, 9.17) is 14.3 Å². The van der Waals surface area contributed by atoms with Crippen LogP contribution in [0.25, 0.3) is 10.6 Å². The zero-order chi connectivity index (χ0) is 27.8. The molecule has 2 aliphatic carbocycles. The number of carbonyl (C=O) groups is 2. The third kappa shape index (κ3) is 9.24. The molecule has 2 aromatic heterocycles. The smallest absolute Gasteiger partial charge is 0.407 e. The molecule has 2 saturated carbocycles. The van der Waals surface area contributed by atoms with E-state index in [0.717, 1.165) is 54.1 Å². The van der Waals surface area contributed by atoms with Gasteiger partial charge in [-0.2, -0.15) is 13.1 Å². The highest BCUT2D eigenvalue weighted by Crippen LogP contribution is 2.36. The van der Waals surface area contributed by atoms with E-state index in [9.17, 15) is 18.0 Å². The third-order valence-corrected chi connectivity index (χ3v) is 10.2. The Morgan fingerprint density at radius 2 is 1.77 bits per heavy atom. The van der Waals surface area contributed by atoms with Crippen LogP contribution in [0.15, 0.2) is 22.9 Å². The molecule has 2 unspecified atom stereocenters. The van der Waals surface area contributed by atoms with E-state index in [1.165, 1.54) is 24.9 Å². The number of nitrogens with zero attached hydrogens (tertiary/aromatic N) is 1. The summed E-state index contributed by atoms with van der Waals surface area (Å²) in [6.07, 6.45) is 8.91. The Morgan fingerprint density at radius 3 is 2.41 bits per heavy atom. The second kappa shape index (κ2) is 14.0. The number of nitrogens with one attached hydrogen (secondary N) is 3. The van der Waals surface area contributed by atoms with Gasteiger partial charge in [0.1, 0.15) is 11.0 Å². The van der Waals surface area contributed by atoms with Gasteiger partial charge in [0.05, 0.1) is 23.7 Å². The lowest BCUT2D eigenvalue weighted by Crippen LogP contribution is -2.49. The Hall–Kier alpha value is -2.06. The molecule has 0 bridgehead atoms. The fourth-order valence-electron chi connectivity index (χ4n) is 5.73. The standard InChI is InChI=1S/C26H38N4O6S3/c1-36-26(32)29-20(14-17-6-3-2-4-7-17)24(31)27-21(25-28-22(16-38-25)23-8-5-13-37-23)15-18-9-11-19(12-10-18)30-39(33,34)35/h5,8,13,16-21,30H,2-4,6-7,9-12,14-15H2,1H3,(H,27,31)(H,29,32)(H,33,34,35). The molecule has 0 saturated heterocycles. The van der Waals surface area contributed by atoms with E-state index in [0.29, 0.717) is 31.6 Å². The van der Waals surface area contributed by atoms with E-state index in [-0.39, 0.29) is 23.9 Å². The summed E-state index contributed by atoms with van der Waals surface area (Å²) >= 11 is 3.11. The number of ether oxygens (including phenoxy) is 1. The van der Waals surface area contributed by atoms with Crippen LogP contribution in [0.4, 0.5) is 4.79 Å².